The molecule has 0 saturated carbocycles. The molecule has 0 fully saturated rings. The number of aryl methyl sites for hydroxylation is 1. The Labute approximate surface area is 159 Å². The van der Waals surface area contributed by atoms with E-state index >= 15 is 0 Å². The smallest absolute Gasteiger partial charge is 0.304 e. The van der Waals surface area contributed by atoms with Gasteiger partial charge < -0.3 is 18.1 Å². The molecule has 0 unspecified atom stereocenters. The summed E-state index contributed by atoms with van der Waals surface area (Å²) in [6, 6.07) is 5.40. The summed E-state index contributed by atoms with van der Waals surface area (Å²) < 4.78 is 48.6. The van der Waals surface area contributed by atoms with Crippen LogP contribution in [0.4, 0.5) is 0 Å². The van der Waals surface area contributed by atoms with Crippen LogP contribution in [-0.2, 0) is 27.2 Å². The van der Waals surface area contributed by atoms with Gasteiger partial charge in [0.2, 0.25) is 0 Å². The molecule has 0 spiro atoms. The van der Waals surface area contributed by atoms with Crippen LogP contribution in [0.1, 0.15) is 33.3 Å². The van der Waals surface area contributed by atoms with Gasteiger partial charge in [0.1, 0.15) is 0 Å². The van der Waals surface area contributed by atoms with Gasteiger partial charge in [0.15, 0.2) is 10.9 Å². The second-order valence-electron chi connectivity index (χ2n) is 5.53. The summed E-state index contributed by atoms with van der Waals surface area (Å²) in [7, 11) is -7.75. The summed E-state index contributed by atoms with van der Waals surface area (Å²) in [5, 5.41) is 0. The summed E-state index contributed by atoms with van der Waals surface area (Å²) in [6.07, 6.45) is 0. The Kier molecular flexibility index (Phi) is 7.69. The van der Waals surface area contributed by atoms with Crippen molar-refractivity contribution in [2.24, 2.45) is 0 Å². The van der Waals surface area contributed by atoms with E-state index in [0.717, 1.165) is 5.56 Å². The van der Waals surface area contributed by atoms with Gasteiger partial charge in [-0.15, -0.1) is 0 Å². The fourth-order valence-electron chi connectivity index (χ4n) is 2.51. The van der Waals surface area contributed by atoms with Gasteiger partial charge in [-0.2, -0.15) is 0 Å². The molecular weight excluding hydrogens is 390 g/mol. The lowest BCUT2D eigenvalue weighted by Gasteiger charge is -2.23. The summed E-state index contributed by atoms with van der Waals surface area (Å²) in [5.74, 6) is 0. The summed E-state index contributed by atoms with van der Waals surface area (Å²) in [6.45, 7) is 9.15. The minimum Gasteiger partial charge on any atom is -0.304 e. The number of nitrogens with zero attached hydrogens (tertiary/aromatic N) is 2. The molecule has 0 aliphatic carbocycles. The number of hydrogen-bond acceptors (Lipinski definition) is 8. The molecule has 0 N–H and O–H groups in total. The molecular formula is C17H26N2O6P2. The van der Waals surface area contributed by atoms with E-state index in [0.29, 0.717) is 11.0 Å². The van der Waals surface area contributed by atoms with E-state index in [1.54, 1.807) is 39.8 Å². The van der Waals surface area contributed by atoms with Gasteiger partial charge in [-0.1, -0.05) is 6.07 Å². The highest BCUT2D eigenvalue weighted by Crippen LogP contribution is 2.52. The van der Waals surface area contributed by atoms with E-state index in [-0.39, 0.29) is 37.3 Å². The predicted octanol–water partition coefficient (Wildman–Crippen LogP) is 3.72. The molecule has 0 amide bonds. The Morgan fingerprint density at radius 3 is 1.56 bits per heavy atom. The maximum atomic E-state index is 13.4. The molecule has 27 heavy (non-hydrogen) atoms. The summed E-state index contributed by atoms with van der Waals surface area (Å²) >= 11 is 0. The molecule has 0 bridgehead atoms. The zero-order valence-electron chi connectivity index (χ0n) is 16.3. The van der Waals surface area contributed by atoms with Crippen molar-refractivity contribution in [1.82, 2.24) is 9.97 Å². The first kappa shape index (κ1) is 22.2. The molecule has 0 saturated heterocycles. The predicted molar refractivity (Wildman–Crippen MR) is 105 cm³/mol. The van der Waals surface area contributed by atoms with Crippen LogP contribution in [0, 0.1) is 6.92 Å². The van der Waals surface area contributed by atoms with Crippen molar-refractivity contribution in [3.63, 3.8) is 0 Å². The highest BCUT2D eigenvalue weighted by molar-refractivity contribution is 7.68. The van der Waals surface area contributed by atoms with Crippen LogP contribution < -0.4 is 10.9 Å². The molecule has 0 radical (unpaired) electrons. The number of fused-ring (bicyclic) bond motifs is 1. The highest BCUT2D eigenvalue weighted by Gasteiger charge is 2.42. The Morgan fingerprint density at radius 2 is 1.15 bits per heavy atom. The van der Waals surface area contributed by atoms with Crippen LogP contribution in [0.5, 0.6) is 0 Å². The average Bonchev–Trinajstić information content (AvgIpc) is 2.61. The van der Waals surface area contributed by atoms with Crippen molar-refractivity contribution >= 4 is 37.1 Å². The number of aromatic nitrogens is 2. The average molecular weight is 416 g/mol. The van der Waals surface area contributed by atoms with Crippen LogP contribution in [-0.4, -0.2) is 36.4 Å². The Balaban J connectivity index is 2.85. The van der Waals surface area contributed by atoms with E-state index in [1.165, 1.54) is 0 Å². The lowest BCUT2D eigenvalue weighted by molar-refractivity contribution is 0.225. The lowest BCUT2D eigenvalue weighted by atomic mass is 10.2. The number of benzene rings is 1. The third-order valence-electron chi connectivity index (χ3n) is 3.50. The highest BCUT2D eigenvalue weighted by atomic mass is 31.2. The van der Waals surface area contributed by atoms with E-state index in [1.807, 2.05) is 13.0 Å². The van der Waals surface area contributed by atoms with Gasteiger partial charge in [-0.05, 0) is 52.3 Å². The van der Waals surface area contributed by atoms with Gasteiger partial charge in [-0.3, -0.25) is 9.13 Å². The molecule has 0 atom stereocenters. The van der Waals surface area contributed by atoms with Crippen molar-refractivity contribution in [3.8, 4) is 0 Å². The molecule has 1 aromatic carbocycles. The molecule has 1 heterocycles. The summed E-state index contributed by atoms with van der Waals surface area (Å²) in [4.78, 5) is 8.92. The van der Waals surface area contributed by atoms with Crippen molar-refractivity contribution < 1.29 is 27.2 Å². The van der Waals surface area contributed by atoms with Crippen molar-refractivity contribution in [2.45, 2.75) is 34.6 Å². The number of rotatable bonds is 10. The van der Waals surface area contributed by atoms with E-state index in [2.05, 4.69) is 9.97 Å². The molecule has 2 aromatic rings. The Hall–Kier alpha value is -1.14. The molecule has 8 nitrogen and oxygen atoms in total. The largest absolute Gasteiger partial charge is 0.382 e. The van der Waals surface area contributed by atoms with Crippen LogP contribution >= 0.6 is 15.2 Å². The van der Waals surface area contributed by atoms with E-state index in [9.17, 15) is 9.13 Å². The SMILES string of the molecule is CCOP(=O)(OCC)c1nc2ccc(C)cc2nc1P(=O)(OCC)OCC. The molecule has 10 heteroatoms. The minimum atomic E-state index is -3.88. The minimum absolute atomic E-state index is 0.123. The zero-order valence-corrected chi connectivity index (χ0v) is 18.1. The van der Waals surface area contributed by atoms with Crippen molar-refractivity contribution in [2.75, 3.05) is 26.4 Å². The lowest BCUT2D eigenvalue weighted by Crippen LogP contribution is -2.34. The molecule has 2 rings (SSSR count). The molecule has 150 valence electrons. The maximum absolute atomic E-state index is 13.4. The van der Waals surface area contributed by atoms with Crippen LogP contribution in [0.3, 0.4) is 0 Å². The van der Waals surface area contributed by atoms with Crippen molar-refractivity contribution in [3.05, 3.63) is 23.8 Å². The number of hydrogen-bond donors (Lipinski definition) is 0. The fourth-order valence-corrected chi connectivity index (χ4v) is 6.30. The first-order valence-electron chi connectivity index (χ1n) is 8.91. The van der Waals surface area contributed by atoms with Gasteiger partial charge in [-0.25, -0.2) is 9.97 Å². The topological polar surface area (TPSA) is 96.8 Å². The first-order chi connectivity index (χ1) is 12.8. The second-order valence-corrected chi connectivity index (χ2v) is 9.40. The van der Waals surface area contributed by atoms with Gasteiger partial charge in [0.25, 0.3) is 0 Å². The van der Waals surface area contributed by atoms with Crippen molar-refractivity contribution in [1.29, 1.82) is 0 Å². The molecule has 0 aliphatic heterocycles. The van der Waals surface area contributed by atoms with Gasteiger partial charge >= 0.3 is 15.2 Å². The molecule has 1 aromatic heterocycles. The third-order valence-corrected chi connectivity index (χ3v) is 7.73. The maximum Gasteiger partial charge on any atom is 0.382 e. The summed E-state index contributed by atoms with van der Waals surface area (Å²) in [5.41, 5.74) is 1.67. The monoisotopic (exact) mass is 416 g/mol. The standard InChI is InChI=1S/C17H26N2O6P2/c1-6-22-26(20,23-7-2)16-17(27(21,24-8-3)25-9-4)19-15-12-13(5)10-11-14(15)18-16/h10-12H,6-9H2,1-5H3. The third kappa shape index (κ3) is 4.83. The normalized spacial score (nSPS) is 12.6. The van der Waals surface area contributed by atoms with Crippen LogP contribution in [0.15, 0.2) is 18.2 Å². The van der Waals surface area contributed by atoms with Gasteiger partial charge in [0, 0.05) is 0 Å². The van der Waals surface area contributed by atoms with Crippen LogP contribution in [0.25, 0.3) is 11.0 Å². The van der Waals surface area contributed by atoms with Gasteiger partial charge in [0.05, 0.1) is 37.5 Å². The first-order valence-corrected chi connectivity index (χ1v) is 12.0. The van der Waals surface area contributed by atoms with Crippen LogP contribution in [0.2, 0.25) is 0 Å². The zero-order chi connectivity index (χ0) is 20.1. The van der Waals surface area contributed by atoms with E-state index < -0.39 is 15.2 Å². The quantitative estimate of drug-likeness (QED) is 0.541. The fraction of sp³-hybridized carbons (Fsp3) is 0.529. The Bertz CT molecular complexity index is 869. The molecule has 0 aliphatic rings. The Morgan fingerprint density at radius 1 is 0.741 bits per heavy atom. The van der Waals surface area contributed by atoms with E-state index in [4.69, 9.17) is 18.1 Å². The second kappa shape index (κ2) is 9.37.